The Balaban J connectivity index is 1.01. The van der Waals surface area contributed by atoms with Crippen molar-refractivity contribution in [2.45, 2.75) is 99.3 Å². The van der Waals surface area contributed by atoms with E-state index in [1.807, 2.05) is 27.7 Å². The van der Waals surface area contributed by atoms with Gasteiger partial charge in [0.1, 0.15) is 0 Å². The summed E-state index contributed by atoms with van der Waals surface area (Å²) >= 11 is 6.35. The molecular weight excluding hydrogens is 937 g/mol. The number of nitrogens with zero attached hydrogens (tertiary/aromatic N) is 4. The monoisotopic (exact) mass is 1010 g/mol. The Hall–Kier alpha value is -2.78. The normalized spacial score (nSPS) is 19.8. The summed E-state index contributed by atoms with van der Waals surface area (Å²) in [5, 5.41) is 0. The van der Waals surface area contributed by atoms with Crippen molar-refractivity contribution in [3.63, 3.8) is 0 Å². The van der Waals surface area contributed by atoms with Gasteiger partial charge >= 0.3 is 0 Å². The van der Waals surface area contributed by atoms with Gasteiger partial charge in [0.25, 0.3) is 23.7 Å². The number of alkyl halides is 4. The first-order valence-electron chi connectivity index (χ1n) is 23.1. The quantitative estimate of drug-likeness (QED) is 0.0402. The Kier molecular flexibility index (Phi) is 21.1. The van der Waals surface area contributed by atoms with Gasteiger partial charge in [-0.3, -0.25) is 9.59 Å². The molecule has 2 atom stereocenters. The molecule has 12 nitrogen and oxygen atoms in total. The number of thioether (sulfide) groups is 4. The fraction of sp³-hybridized carbons (Fsp3) is 0.696. The van der Waals surface area contributed by atoms with Gasteiger partial charge in [-0.2, -0.15) is 0 Å². The zero-order valence-corrected chi connectivity index (χ0v) is 42.6. The molecule has 66 heavy (non-hydrogen) atoms. The van der Waals surface area contributed by atoms with E-state index in [0.717, 1.165) is 88.0 Å². The van der Waals surface area contributed by atoms with E-state index < -0.39 is 48.8 Å². The number of piperazine rings is 1. The summed E-state index contributed by atoms with van der Waals surface area (Å²) in [5.41, 5.74) is 13.3. The molecule has 3 heterocycles. The molecule has 0 unspecified atom stereocenters. The number of rotatable bonds is 26. The number of carbonyl (C=O) groups excluding carboxylic acids is 2. The Morgan fingerprint density at radius 2 is 0.955 bits per heavy atom. The third-order valence-electron chi connectivity index (χ3n) is 11.9. The third kappa shape index (κ3) is 14.6. The van der Waals surface area contributed by atoms with Gasteiger partial charge in [0.2, 0.25) is 0 Å². The first kappa shape index (κ1) is 54.2. The van der Waals surface area contributed by atoms with E-state index in [-0.39, 0.29) is 44.5 Å². The number of amides is 2. The van der Waals surface area contributed by atoms with Crippen molar-refractivity contribution in [3.8, 4) is 23.0 Å². The van der Waals surface area contributed by atoms with Crippen LogP contribution in [-0.4, -0.2) is 167 Å². The maximum atomic E-state index is 14.7. The predicted molar refractivity (Wildman–Crippen MR) is 266 cm³/mol. The molecule has 0 spiro atoms. The molecule has 4 N–H and O–H groups in total. The lowest BCUT2D eigenvalue weighted by Crippen LogP contribution is -2.46. The molecule has 372 valence electrons. The number of hydrogen-bond acceptors (Lipinski definition) is 14. The highest BCUT2D eigenvalue weighted by atomic mass is 32.2. The van der Waals surface area contributed by atoms with E-state index in [1.165, 1.54) is 36.2 Å². The molecule has 0 aromatic heterocycles. The number of methoxy groups -OCH3 is 2. The first-order valence-corrected chi connectivity index (χ1v) is 27.3. The van der Waals surface area contributed by atoms with Crippen LogP contribution in [0.2, 0.25) is 0 Å². The number of unbranched alkanes of at least 4 members (excludes halogenated alkanes) is 2. The van der Waals surface area contributed by atoms with E-state index in [2.05, 4.69) is 9.80 Å². The van der Waals surface area contributed by atoms with Crippen LogP contribution in [0.3, 0.4) is 0 Å². The van der Waals surface area contributed by atoms with Crippen molar-refractivity contribution in [2.24, 2.45) is 0 Å². The van der Waals surface area contributed by atoms with E-state index in [4.69, 9.17) is 30.4 Å². The van der Waals surface area contributed by atoms with Crippen LogP contribution in [-0.2, 0) is 0 Å². The molecule has 3 saturated heterocycles. The van der Waals surface area contributed by atoms with Crippen LogP contribution >= 0.6 is 47.0 Å². The van der Waals surface area contributed by atoms with Crippen LogP contribution in [0.25, 0.3) is 0 Å². The zero-order chi connectivity index (χ0) is 48.0. The summed E-state index contributed by atoms with van der Waals surface area (Å²) in [4.78, 5) is 35.0. The van der Waals surface area contributed by atoms with Crippen LogP contribution in [0.5, 0.6) is 23.0 Å². The number of halogens is 4. The Morgan fingerprint density at radius 1 is 0.606 bits per heavy atom. The summed E-state index contributed by atoms with van der Waals surface area (Å²) in [6.45, 7) is 13.2. The first-order chi connectivity index (χ1) is 31.6. The number of hydrogen-bond donors (Lipinski definition) is 2. The largest absolute Gasteiger partial charge is 0.493 e. The maximum absolute atomic E-state index is 14.7. The number of benzene rings is 2. The predicted octanol–water partition coefficient (Wildman–Crippen LogP) is 8.87. The van der Waals surface area contributed by atoms with Gasteiger partial charge in [-0.1, -0.05) is 27.7 Å². The lowest BCUT2D eigenvalue weighted by Gasteiger charge is -2.34. The van der Waals surface area contributed by atoms with Crippen LogP contribution in [0.4, 0.5) is 28.9 Å². The highest BCUT2D eigenvalue weighted by Gasteiger charge is 2.51. The van der Waals surface area contributed by atoms with Crippen LogP contribution in [0, 0.1) is 0 Å². The second-order valence-corrected chi connectivity index (χ2v) is 22.9. The van der Waals surface area contributed by atoms with Gasteiger partial charge in [0, 0.05) is 62.5 Å². The number of anilines is 2. The van der Waals surface area contributed by atoms with E-state index in [0.29, 0.717) is 36.2 Å². The molecule has 0 radical (unpaired) electrons. The Morgan fingerprint density at radius 3 is 1.27 bits per heavy atom. The number of ether oxygens (including phenoxy) is 4. The van der Waals surface area contributed by atoms with Crippen molar-refractivity contribution in [1.82, 2.24) is 19.6 Å². The van der Waals surface area contributed by atoms with Crippen molar-refractivity contribution in [2.75, 3.05) is 114 Å². The summed E-state index contributed by atoms with van der Waals surface area (Å²) in [6, 6.07) is 4.90. The fourth-order valence-electron chi connectivity index (χ4n) is 8.67. The number of nitrogens with two attached hydrogens (primary N) is 2. The highest BCUT2D eigenvalue weighted by molar-refractivity contribution is 8.17. The molecule has 2 amide bonds. The molecule has 20 heteroatoms. The molecule has 0 bridgehead atoms. The Bertz CT molecular complexity index is 1740. The lowest BCUT2D eigenvalue weighted by atomic mass is 10.1. The molecule has 3 aliphatic rings. The standard InChI is InChI=1S/C46H70F4N6O6S4/c1-7-63-43(64-8-2)35-27-45(47,48)29-55(35)41(57)31-23-37(59-5)39(25-33(31)51)61-21-13-11-15-53-17-19-54(20-18-53)16-12-14-22-62-40-26-34(52)32(24-38(40)60-6)42(58)56-30-46(49,50)28-36(56)44(65-9-3)66-10-4/h23-26,35-36,43-44H,7-22,27-30,51-52H2,1-6H3/t35-,36-/m0/s1. The van der Waals surface area contributed by atoms with E-state index >= 15 is 0 Å². The SMILES string of the molecule is CCSC(SCC)[C@@H]1CC(F)(F)CN1C(=O)c1cc(OC)c(OCCCCN2CCN(CCCCOc3cc(N)c(C(=O)N4CC(F)(F)C[C@H]4C(SCC)SCC)cc3OC)CC2)cc1N. The average molecular weight is 1010 g/mol. The minimum Gasteiger partial charge on any atom is -0.493 e. The van der Waals surface area contributed by atoms with Gasteiger partial charge in [-0.25, -0.2) is 17.6 Å². The van der Waals surface area contributed by atoms with Gasteiger partial charge in [-0.05, 0) is 73.9 Å². The summed E-state index contributed by atoms with van der Waals surface area (Å²) in [7, 11) is 2.96. The van der Waals surface area contributed by atoms with Crippen LogP contribution < -0.4 is 30.4 Å². The summed E-state index contributed by atoms with van der Waals surface area (Å²) in [6.07, 6.45) is 2.70. The zero-order valence-electron chi connectivity index (χ0n) is 39.3. The van der Waals surface area contributed by atoms with Crippen molar-refractivity contribution >= 4 is 70.2 Å². The smallest absolute Gasteiger partial charge is 0.267 e. The average Bonchev–Trinajstić information content (AvgIpc) is 3.80. The van der Waals surface area contributed by atoms with Gasteiger partial charge in [0.15, 0.2) is 23.0 Å². The minimum atomic E-state index is -2.97. The van der Waals surface area contributed by atoms with Crippen molar-refractivity contribution < 1.29 is 46.1 Å². The molecule has 3 aliphatic heterocycles. The summed E-state index contributed by atoms with van der Waals surface area (Å²) < 4.78 is 81.9. The fourth-order valence-corrected chi connectivity index (χ4v) is 14.3. The van der Waals surface area contributed by atoms with Gasteiger partial charge in [-0.15, -0.1) is 47.0 Å². The number of likely N-dealkylation sites (tertiary alicyclic amines) is 2. The second-order valence-electron chi connectivity index (χ2n) is 16.7. The van der Waals surface area contributed by atoms with Crippen LogP contribution in [0.1, 0.15) is 86.9 Å². The lowest BCUT2D eigenvalue weighted by molar-refractivity contribution is 0.0115. The van der Waals surface area contributed by atoms with Crippen LogP contribution in [0.15, 0.2) is 24.3 Å². The van der Waals surface area contributed by atoms with Crippen molar-refractivity contribution in [1.29, 1.82) is 0 Å². The molecule has 2 aromatic rings. The van der Waals surface area contributed by atoms with E-state index in [9.17, 15) is 27.2 Å². The highest BCUT2D eigenvalue weighted by Crippen LogP contribution is 2.44. The molecule has 0 aliphatic carbocycles. The number of nitrogen functional groups attached to an aromatic ring is 2. The van der Waals surface area contributed by atoms with Crippen molar-refractivity contribution in [3.05, 3.63) is 35.4 Å². The topological polar surface area (TPSA) is 136 Å². The second kappa shape index (κ2) is 25.7. The Labute approximate surface area is 406 Å². The number of carbonyl (C=O) groups is 2. The summed E-state index contributed by atoms with van der Waals surface area (Å²) in [5.74, 6) is -2.47. The minimum absolute atomic E-state index is 0.132. The molecule has 0 saturated carbocycles. The molecule has 2 aromatic carbocycles. The molecule has 3 fully saturated rings. The molecule has 5 rings (SSSR count). The molecular formula is C46H70F4N6O6S4. The maximum Gasteiger partial charge on any atom is 0.267 e. The van der Waals surface area contributed by atoms with Gasteiger partial charge in [0.05, 0.1) is 72.9 Å². The van der Waals surface area contributed by atoms with Gasteiger partial charge < -0.3 is 50.0 Å². The third-order valence-corrected chi connectivity index (χ3v) is 17.5. The van der Waals surface area contributed by atoms with E-state index in [1.54, 1.807) is 59.2 Å².